The summed E-state index contributed by atoms with van der Waals surface area (Å²) in [6.07, 6.45) is -2.60. The van der Waals surface area contributed by atoms with E-state index in [2.05, 4.69) is 10.1 Å². The van der Waals surface area contributed by atoms with Crippen molar-refractivity contribution in [3.63, 3.8) is 0 Å². The van der Waals surface area contributed by atoms with Gasteiger partial charge in [0.15, 0.2) is 0 Å². The summed E-state index contributed by atoms with van der Waals surface area (Å²) in [4.78, 5) is 4.15. The highest BCUT2D eigenvalue weighted by molar-refractivity contribution is 7.09. The Morgan fingerprint density at radius 2 is 2.18 bits per heavy atom. The number of halogens is 3. The molecule has 0 atom stereocenters. The van der Waals surface area contributed by atoms with Gasteiger partial charge in [-0.15, -0.1) is 11.3 Å². The second-order valence-electron chi connectivity index (χ2n) is 3.36. The lowest BCUT2D eigenvalue weighted by Gasteiger charge is -2.00. The molecule has 2 rings (SSSR count). The first-order chi connectivity index (χ1) is 7.99. The summed E-state index contributed by atoms with van der Waals surface area (Å²) in [5, 5.41) is 6.16. The van der Waals surface area contributed by atoms with Crippen LogP contribution in [-0.2, 0) is 19.3 Å². The van der Waals surface area contributed by atoms with E-state index in [1.165, 1.54) is 16.0 Å². The third-order valence-corrected chi connectivity index (χ3v) is 2.98. The van der Waals surface area contributed by atoms with E-state index in [1.54, 1.807) is 5.38 Å². The van der Waals surface area contributed by atoms with Gasteiger partial charge in [-0.2, -0.15) is 18.3 Å². The molecule has 17 heavy (non-hydrogen) atoms. The Bertz CT molecular complexity index is 502. The number of aromatic nitrogens is 3. The van der Waals surface area contributed by atoms with Crippen LogP contribution >= 0.6 is 11.3 Å². The summed E-state index contributed by atoms with van der Waals surface area (Å²) >= 11 is 1.38. The topological polar surface area (TPSA) is 56.7 Å². The summed E-state index contributed by atoms with van der Waals surface area (Å²) in [7, 11) is 0. The van der Waals surface area contributed by atoms with E-state index in [9.17, 15) is 13.2 Å². The van der Waals surface area contributed by atoms with E-state index < -0.39 is 11.7 Å². The quantitative estimate of drug-likeness (QED) is 0.918. The Labute approximate surface area is 98.9 Å². The van der Waals surface area contributed by atoms with Crippen molar-refractivity contribution in [1.82, 2.24) is 14.8 Å². The van der Waals surface area contributed by atoms with Crippen LogP contribution < -0.4 is 5.73 Å². The van der Waals surface area contributed by atoms with Crippen molar-refractivity contribution in [1.29, 1.82) is 0 Å². The predicted molar refractivity (Wildman–Crippen MR) is 56.3 cm³/mol. The molecule has 8 heteroatoms. The highest BCUT2D eigenvalue weighted by atomic mass is 32.1. The molecule has 2 aromatic rings. The summed E-state index contributed by atoms with van der Waals surface area (Å²) in [5.74, 6) is 0. The minimum Gasteiger partial charge on any atom is -0.325 e. The molecule has 0 aliphatic heterocycles. The molecule has 0 aromatic carbocycles. The molecule has 0 aliphatic rings. The van der Waals surface area contributed by atoms with E-state index in [-0.39, 0.29) is 6.54 Å². The molecule has 0 saturated heterocycles. The lowest BCUT2D eigenvalue weighted by molar-refractivity contribution is -0.137. The molecule has 0 unspecified atom stereocenters. The smallest absolute Gasteiger partial charge is 0.325 e. The minimum atomic E-state index is -4.36. The average Bonchev–Trinajstić information content (AvgIpc) is 2.86. The Morgan fingerprint density at radius 1 is 1.41 bits per heavy atom. The molecule has 4 nitrogen and oxygen atoms in total. The van der Waals surface area contributed by atoms with E-state index in [0.29, 0.717) is 12.2 Å². The van der Waals surface area contributed by atoms with E-state index in [1.807, 2.05) is 0 Å². The normalized spacial score (nSPS) is 12.0. The summed E-state index contributed by atoms with van der Waals surface area (Å²) < 4.78 is 38.2. The van der Waals surface area contributed by atoms with Gasteiger partial charge in [0.25, 0.3) is 0 Å². The molecule has 0 aliphatic carbocycles. The lowest BCUT2D eigenvalue weighted by atomic mass is 10.3. The first-order valence-corrected chi connectivity index (χ1v) is 5.60. The van der Waals surface area contributed by atoms with Crippen molar-refractivity contribution >= 4 is 11.3 Å². The monoisotopic (exact) mass is 262 g/mol. The van der Waals surface area contributed by atoms with Gasteiger partial charge in [0.1, 0.15) is 5.01 Å². The van der Waals surface area contributed by atoms with Crippen LogP contribution in [0.1, 0.15) is 16.3 Å². The number of hydrogen-bond donors (Lipinski definition) is 1. The minimum absolute atomic E-state index is 0.215. The average molecular weight is 262 g/mol. The fourth-order valence-corrected chi connectivity index (χ4v) is 1.94. The molecule has 2 heterocycles. The third-order valence-electron chi connectivity index (χ3n) is 2.06. The van der Waals surface area contributed by atoms with Crippen LogP contribution in [0.2, 0.25) is 0 Å². The summed E-state index contributed by atoms with van der Waals surface area (Å²) in [6, 6.07) is 0. The molecule has 0 bridgehead atoms. The number of alkyl halides is 3. The van der Waals surface area contributed by atoms with Crippen molar-refractivity contribution in [3.8, 4) is 0 Å². The molecule has 2 N–H and O–H groups in total. The van der Waals surface area contributed by atoms with Gasteiger partial charge in [-0.05, 0) is 0 Å². The van der Waals surface area contributed by atoms with Crippen molar-refractivity contribution in [3.05, 3.63) is 34.0 Å². The van der Waals surface area contributed by atoms with Gasteiger partial charge in [0.05, 0.1) is 24.0 Å². The number of nitrogens with two attached hydrogens (primary N) is 1. The molecule has 92 valence electrons. The zero-order valence-electron chi connectivity index (χ0n) is 8.61. The molecule has 0 radical (unpaired) electrons. The van der Waals surface area contributed by atoms with Gasteiger partial charge in [-0.25, -0.2) is 4.98 Å². The molecule has 0 spiro atoms. The van der Waals surface area contributed by atoms with Gasteiger partial charge in [-0.1, -0.05) is 0 Å². The molecule has 0 saturated carbocycles. The van der Waals surface area contributed by atoms with Gasteiger partial charge < -0.3 is 5.73 Å². The summed E-state index contributed by atoms with van der Waals surface area (Å²) in [6.45, 7) is 0.546. The van der Waals surface area contributed by atoms with E-state index >= 15 is 0 Å². The second-order valence-corrected chi connectivity index (χ2v) is 4.30. The second kappa shape index (κ2) is 4.46. The first kappa shape index (κ1) is 12.1. The lowest BCUT2D eigenvalue weighted by Crippen LogP contribution is -2.04. The fourth-order valence-electron chi connectivity index (χ4n) is 1.28. The highest BCUT2D eigenvalue weighted by Gasteiger charge is 2.32. The van der Waals surface area contributed by atoms with E-state index in [0.717, 1.165) is 17.4 Å². The van der Waals surface area contributed by atoms with Crippen LogP contribution in [0.5, 0.6) is 0 Å². The summed E-state index contributed by atoms with van der Waals surface area (Å²) in [5.41, 5.74) is 5.30. The molecular weight excluding hydrogens is 253 g/mol. The number of thiazole rings is 1. The van der Waals surface area contributed by atoms with Crippen LogP contribution in [0.4, 0.5) is 13.2 Å². The Balaban J connectivity index is 2.11. The van der Waals surface area contributed by atoms with Gasteiger partial charge in [-0.3, -0.25) is 4.68 Å². The zero-order valence-corrected chi connectivity index (χ0v) is 9.42. The predicted octanol–water partition coefficient (Wildman–Crippen LogP) is 1.87. The van der Waals surface area contributed by atoms with Crippen LogP contribution in [-0.4, -0.2) is 14.8 Å². The number of nitrogens with zero attached hydrogens (tertiary/aromatic N) is 3. The third kappa shape index (κ3) is 2.83. The van der Waals surface area contributed by atoms with Crippen LogP contribution in [0, 0.1) is 0 Å². The maximum Gasteiger partial charge on any atom is 0.419 e. The molecule has 0 amide bonds. The van der Waals surface area contributed by atoms with Crippen LogP contribution in [0.3, 0.4) is 0 Å². The number of hydrogen-bond acceptors (Lipinski definition) is 4. The Hall–Kier alpha value is -1.41. The largest absolute Gasteiger partial charge is 0.419 e. The number of rotatable bonds is 3. The van der Waals surface area contributed by atoms with Gasteiger partial charge in [0, 0.05) is 18.1 Å². The Kier molecular flexibility index (Phi) is 3.16. The SMILES string of the molecule is NCc1nc(Cn2cc(C(F)(F)F)cn2)cs1. The highest BCUT2D eigenvalue weighted by Crippen LogP contribution is 2.28. The standard InChI is InChI=1S/C9H9F3N4S/c10-9(11,12)6-2-14-16(3-6)4-7-5-17-8(1-13)15-7/h2-3,5H,1,4,13H2. The molecular formula is C9H9F3N4S. The van der Waals surface area contributed by atoms with Crippen LogP contribution in [0.15, 0.2) is 17.8 Å². The van der Waals surface area contributed by atoms with Crippen molar-refractivity contribution in [2.24, 2.45) is 5.73 Å². The zero-order chi connectivity index (χ0) is 12.5. The van der Waals surface area contributed by atoms with Crippen LogP contribution in [0.25, 0.3) is 0 Å². The van der Waals surface area contributed by atoms with Crippen molar-refractivity contribution in [2.75, 3.05) is 0 Å². The van der Waals surface area contributed by atoms with E-state index in [4.69, 9.17) is 5.73 Å². The maximum absolute atomic E-state index is 12.3. The van der Waals surface area contributed by atoms with Gasteiger partial charge >= 0.3 is 6.18 Å². The van der Waals surface area contributed by atoms with Gasteiger partial charge in [0.2, 0.25) is 0 Å². The first-order valence-electron chi connectivity index (χ1n) is 4.72. The molecule has 2 aromatic heterocycles. The van der Waals surface area contributed by atoms with Crippen molar-refractivity contribution < 1.29 is 13.2 Å². The molecule has 0 fully saturated rings. The maximum atomic E-state index is 12.3. The van der Waals surface area contributed by atoms with Crippen molar-refractivity contribution in [2.45, 2.75) is 19.3 Å². The fraction of sp³-hybridized carbons (Fsp3) is 0.333. The Morgan fingerprint density at radius 3 is 2.71 bits per heavy atom.